The summed E-state index contributed by atoms with van der Waals surface area (Å²) in [4.78, 5) is 2.38. The first kappa shape index (κ1) is 17.2. The maximum absolute atomic E-state index is 11.5. The summed E-state index contributed by atoms with van der Waals surface area (Å²) in [7, 11) is -3.10. The Labute approximate surface area is 129 Å². The molecule has 1 heterocycles. The topological polar surface area (TPSA) is 69.6 Å². The van der Waals surface area contributed by atoms with Gasteiger partial charge in [0, 0.05) is 25.0 Å². The third-order valence-corrected chi connectivity index (χ3v) is 6.63. The molecular formula is C15H30N2O3S. The van der Waals surface area contributed by atoms with E-state index in [1.54, 1.807) is 6.92 Å². The van der Waals surface area contributed by atoms with E-state index in [-0.39, 0.29) is 5.75 Å². The van der Waals surface area contributed by atoms with Crippen molar-refractivity contribution in [3.8, 4) is 0 Å². The molecular weight excluding hydrogens is 288 g/mol. The second-order valence-corrected chi connectivity index (χ2v) is 8.85. The summed E-state index contributed by atoms with van der Waals surface area (Å²) in [6.07, 6.45) is 6.58. The van der Waals surface area contributed by atoms with Gasteiger partial charge in [0.25, 0.3) is 0 Å². The van der Waals surface area contributed by atoms with Crippen molar-refractivity contribution in [2.45, 2.75) is 64.0 Å². The van der Waals surface area contributed by atoms with Gasteiger partial charge in [-0.25, -0.2) is 13.1 Å². The number of likely N-dealkylation sites (tertiary alicyclic amines) is 1. The van der Waals surface area contributed by atoms with Crippen molar-refractivity contribution >= 4 is 10.0 Å². The van der Waals surface area contributed by atoms with Gasteiger partial charge in [0.15, 0.2) is 0 Å². The van der Waals surface area contributed by atoms with Crippen LogP contribution in [0.1, 0.15) is 52.4 Å². The van der Waals surface area contributed by atoms with Crippen molar-refractivity contribution in [1.29, 1.82) is 0 Å². The van der Waals surface area contributed by atoms with Crippen molar-refractivity contribution in [3.05, 3.63) is 0 Å². The Kier molecular flexibility index (Phi) is 5.68. The molecule has 1 saturated heterocycles. The molecule has 2 fully saturated rings. The van der Waals surface area contributed by atoms with Crippen molar-refractivity contribution < 1.29 is 13.5 Å². The predicted octanol–water partition coefficient (Wildman–Crippen LogP) is 1.33. The molecule has 0 aromatic carbocycles. The summed E-state index contributed by atoms with van der Waals surface area (Å²) in [5.74, 6) is 0.463. The normalized spacial score (nSPS) is 35.2. The van der Waals surface area contributed by atoms with Gasteiger partial charge in [0.1, 0.15) is 0 Å². The van der Waals surface area contributed by atoms with E-state index in [0.29, 0.717) is 18.5 Å². The first-order valence-corrected chi connectivity index (χ1v) is 9.95. The number of hydrogen-bond acceptors (Lipinski definition) is 4. The van der Waals surface area contributed by atoms with Gasteiger partial charge in [0.05, 0.1) is 11.4 Å². The molecule has 0 spiro atoms. The average Bonchev–Trinajstić information content (AvgIpc) is 2.86. The van der Waals surface area contributed by atoms with E-state index in [1.165, 1.54) is 6.42 Å². The summed E-state index contributed by atoms with van der Waals surface area (Å²) >= 11 is 0. The Bertz CT molecular complexity index is 436. The molecule has 0 radical (unpaired) electrons. The van der Waals surface area contributed by atoms with Crippen molar-refractivity contribution in [1.82, 2.24) is 9.62 Å². The molecule has 0 unspecified atom stereocenters. The van der Waals surface area contributed by atoms with E-state index in [1.807, 2.05) is 6.92 Å². The molecule has 21 heavy (non-hydrogen) atoms. The molecule has 1 aliphatic carbocycles. The smallest absolute Gasteiger partial charge is 0.211 e. The fourth-order valence-electron chi connectivity index (χ4n) is 3.98. The van der Waals surface area contributed by atoms with Crippen LogP contribution in [0.2, 0.25) is 0 Å². The zero-order valence-electron chi connectivity index (χ0n) is 13.3. The van der Waals surface area contributed by atoms with Crippen LogP contribution >= 0.6 is 0 Å². The number of rotatable bonds is 6. The molecule has 124 valence electrons. The number of nitrogens with one attached hydrogen (secondary N) is 1. The van der Waals surface area contributed by atoms with Crippen LogP contribution in [0.25, 0.3) is 0 Å². The molecule has 0 bridgehead atoms. The molecule has 5 nitrogen and oxygen atoms in total. The molecule has 1 aliphatic heterocycles. The van der Waals surface area contributed by atoms with Gasteiger partial charge in [-0.05, 0) is 46.1 Å². The minimum absolute atomic E-state index is 0.133. The Balaban J connectivity index is 1.91. The van der Waals surface area contributed by atoms with E-state index in [4.69, 9.17) is 0 Å². The summed E-state index contributed by atoms with van der Waals surface area (Å²) < 4.78 is 25.6. The van der Waals surface area contributed by atoms with Gasteiger partial charge in [-0.1, -0.05) is 12.8 Å². The summed E-state index contributed by atoms with van der Waals surface area (Å²) in [6, 6.07) is 0.409. The fourth-order valence-corrected chi connectivity index (χ4v) is 4.59. The zero-order chi connectivity index (χ0) is 15.5. The van der Waals surface area contributed by atoms with Crippen molar-refractivity contribution in [2.24, 2.45) is 5.92 Å². The Morgan fingerprint density at radius 1 is 1.29 bits per heavy atom. The predicted molar refractivity (Wildman–Crippen MR) is 84.6 cm³/mol. The summed E-state index contributed by atoms with van der Waals surface area (Å²) in [5, 5.41) is 10.7. The van der Waals surface area contributed by atoms with E-state index < -0.39 is 15.6 Å². The number of nitrogens with zero attached hydrogens (tertiary/aromatic N) is 1. The molecule has 0 aromatic heterocycles. The highest BCUT2D eigenvalue weighted by molar-refractivity contribution is 7.89. The maximum atomic E-state index is 11.5. The largest absolute Gasteiger partial charge is 0.390 e. The van der Waals surface area contributed by atoms with Crippen molar-refractivity contribution in [3.63, 3.8) is 0 Å². The van der Waals surface area contributed by atoms with Gasteiger partial charge >= 0.3 is 0 Å². The van der Waals surface area contributed by atoms with Gasteiger partial charge in [-0.2, -0.15) is 0 Å². The number of hydrogen-bond donors (Lipinski definition) is 2. The summed E-state index contributed by atoms with van der Waals surface area (Å²) in [6.45, 7) is 5.87. The molecule has 2 rings (SSSR count). The first-order valence-electron chi connectivity index (χ1n) is 8.29. The van der Waals surface area contributed by atoms with Gasteiger partial charge in [-0.15, -0.1) is 0 Å². The number of sulfonamides is 1. The minimum Gasteiger partial charge on any atom is -0.390 e. The Morgan fingerprint density at radius 2 is 2.05 bits per heavy atom. The lowest BCUT2D eigenvalue weighted by Crippen LogP contribution is -2.50. The molecule has 0 amide bonds. The van der Waals surface area contributed by atoms with E-state index in [9.17, 15) is 13.5 Å². The second kappa shape index (κ2) is 6.94. The van der Waals surface area contributed by atoms with Crippen LogP contribution in [0.4, 0.5) is 0 Å². The average molecular weight is 318 g/mol. The third-order valence-electron chi connectivity index (χ3n) is 5.23. The molecule has 1 saturated carbocycles. The van der Waals surface area contributed by atoms with Gasteiger partial charge < -0.3 is 5.11 Å². The van der Waals surface area contributed by atoms with Crippen LogP contribution in [0.5, 0.6) is 0 Å². The molecule has 0 aromatic rings. The minimum atomic E-state index is -3.10. The zero-order valence-corrected chi connectivity index (χ0v) is 14.2. The highest BCUT2D eigenvalue weighted by Crippen LogP contribution is 2.40. The van der Waals surface area contributed by atoms with Crippen LogP contribution in [-0.4, -0.2) is 55.5 Å². The van der Waals surface area contributed by atoms with Gasteiger partial charge in [0.2, 0.25) is 10.0 Å². The standard InChI is InChI=1S/C15H30N2O3S/c1-3-21(19,20)16-10-12-17-11-6-8-14(17)13-7-4-5-9-15(13,2)18/h13-14,16,18H,3-12H2,1-2H3/t13-,14+,15-/m0/s1. The van der Waals surface area contributed by atoms with E-state index in [2.05, 4.69) is 9.62 Å². The maximum Gasteiger partial charge on any atom is 0.211 e. The van der Waals surface area contributed by atoms with Gasteiger partial charge in [-0.3, -0.25) is 4.90 Å². The molecule has 2 aliphatic rings. The lowest BCUT2D eigenvalue weighted by atomic mass is 9.72. The van der Waals surface area contributed by atoms with E-state index >= 15 is 0 Å². The highest BCUT2D eigenvalue weighted by Gasteiger charge is 2.42. The Hall–Kier alpha value is -0.170. The lowest BCUT2D eigenvalue weighted by Gasteiger charge is -2.43. The lowest BCUT2D eigenvalue weighted by molar-refractivity contribution is -0.0614. The quantitative estimate of drug-likeness (QED) is 0.775. The van der Waals surface area contributed by atoms with Crippen LogP contribution in [0, 0.1) is 5.92 Å². The molecule has 6 heteroatoms. The first-order chi connectivity index (χ1) is 9.86. The molecule has 3 atom stereocenters. The third kappa shape index (κ3) is 4.41. The van der Waals surface area contributed by atoms with Crippen LogP contribution < -0.4 is 4.72 Å². The fraction of sp³-hybridized carbons (Fsp3) is 1.00. The highest BCUT2D eigenvalue weighted by atomic mass is 32.2. The second-order valence-electron chi connectivity index (χ2n) is 6.75. The van der Waals surface area contributed by atoms with Crippen molar-refractivity contribution in [2.75, 3.05) is 25.4 Å². The van der Waals surface area contributed by atoms with Crippen LogP contribution in [-0.2, 0) is 10.0 Å². The van der Waals surface area contributed by atoms with Crippen LogP contribution in [0.3, 0.4) is 0 Å². The molecule has 2 N–H and O–H groups in total. The number of aliphatic hydroxyl groups is 1. The SMILES string of the molecule is CCS(=O)(=O)NCCN1CCC[C@@H]1[C@@H]1CCCC[C@]1(C)O. The van der Waals surface area contributed by atoms with E-state index in [0.717, 1.165) is 45.2 Å². The van der Waals surface area contributed by atoms with Crippen LogP contribution in [0.15, 0.2) is 0 Å². The Morgan fingerprint density at radius 3 is 2.71 bits per heavy atom. The monoisotopic (exact) mass is 318 g/mol. The summed E-state index contributed by atoms with van der Waals surface area (Å²) in [5.41, 5.74) is -0.561.